The molecule has 6 heterocycles. The maximum Gasteiger partial charge on any atom is 0.410 e. The highest BCUT2D eigenvalue weighted by atomic mass is 32.2. The van der Waals surface area contributed by atoms with Gasteiger partial charge in [-0.1, -0.05) is 5.16 Å². The number of carboxylic acids is 1. The zero-order valence-corrected chi connectivity index (χ0v) is 26.3. The van der Waals surface area contributed by atoms with Crippen LogP contribution >= 0.6 is 23.3 Å². The molecule has 4 amide bonds. The first-order valence-corrected chi connectivity index (χ1v) is 16.1. The molecule has 3 atom stereocenters. The number of nitrogen functional groups attached to an aromatic ring is 1. The first-order chi connectivity index (χ1) is 22.5. The smallest absolute Gasteiger partial charge is 0.410 e. The Morgan fingerprint density at radius 1 is 1.26 bits per heavy atom. The summed E-state index contributed by atoms with van der Waals surface area (Å²) in [7, 11) is 0. The van der Waals surface area contributed by atoms with E-state index in [1.807, 2.05) is 0 Å². The molecule has 0 radical (unpaired) electrons. The van der Waals surface area contributed by atoms with E-state index in [0.29, 0.717) is 42.8 Å². The minimum Gasteiger partial charge on any atom is -0.477 e. The third kappa shape index (κ3) is 6.00. The second-order valence-corrected chi connectivity index (χ2v) is 13.0. The van der Waals surface area contributed by atoms with Gasteiger partial charge in [0.2, 0.25) is 17.4 Å². The number of anilines is 1. The van der Waals surface area contributed by atoms with Crippen LogP contribution in [-0.4, -0.2) is 125 Å². The molecule has 0 aliphatic carbocycles. The maximum absolute atomic E-state index is 13.4. The third-order valence-corrected chi connectivity index (χ3v) is 10.1. The van der Waals surface area contributed by atoms with E-state index in [1.165, 1.54) is 22.7 Å². The lowest BCUT2D eigenvalue weighted by atomic mass is 10.0. The summed E-state index contributed by atoms with van der Waals surface area (Å²) in [4.78, 5) is 83.6. The number of carbonyl (C=O) groups is 6. The van der Waals surface area contributed by atoms with E-state index < -0.39 is 47.0 Å². The van der Waals surface area contributed by atoms with E-state index in [-0.39, 0.29) is 59.5 Å². The summed E-state index contributed by atoms with van der Waals surface area (Å²) in [6.45, 7) is 2.56. The van der Waals surface area contributed by atoms with E-state index in [4.69, 9.17) is 15.2 Å². The summed E-state index contributed by atoms with van der Waals surface area (Å²) in [5.41, 5.74) is 6.04. The van der Waals surface area contributed by atoms with Crippen molar-refractivity contribution in [3.63, 3.8) is 0 Å². The van der Waals surface area contributed by atoms with Gasteiger partial charge in [-0.3, -0.25) is 24.1 Å². The van der Waals surface area contributed by atoms with E-state index >= 15 is 0 Å². The van der Waals surface area contributed by atoms with E-state index in [0.717, 1.165) is 16.4 Å². The number of nitrogens with one attached hydrogen (secondary N) is 1. The first kappa shape index (κ1) is 32.0. The highest BCUT2D eigenvalue weighted by Gasteiger charge is 2.54. The molecule has 47 heavy (non-hydrogen) atoms. The minimum absolute atomic E-state index is 0.0359. The van der Waals surface area contributed by atoms with Gasteiger partial charge in [0.1, 0.15) is 22.9 Å². The number of carboxylic acid groups (broad SMARTS) is 1. The summed E-state index contributed by atoms with van der Waals surface area (Å²) in [5, 5.41) is 24.0. The second kappa shape index (κ2) is 12.7. The molecule has 1 aromatic rings. The number of ether oxygens (including phenoxy) is 2. The van der Waals surface area contributed by atoms with Crippen molar-refractivity contribution < 1.29 is 48.6 Å². The Morgan fingerprint density at radius 2 is 2.04 bits per heavy atom. The number of hydrogen-bond donors (Lipinski definition) is 4. The van der Waals surface area contributed by atoms with Crippen molar-refractivity contribution in [2.75, 3.05) is 37.7 Å². The van der Waals surface area contributed by atoms with Crippen LogP contribution in [0.25, 0.3) is 0 Å². The average molecular weight is 689 g/mol. The molecule has 0 unspecified atom stereocenters. The first-order valence-electron chi connectivity index (χ1n) is 14.3. The van der Waals surface area contributed by atoms with Crippen molar-refractivity contribution in [3.05, 3.63) is 40.1 Å². The summed E-state index contributed by atoms with van der Waals surface area (Å²) >= 11 is 1.98. The molecule has 0 spiro atoms. The lowest BCUT2D eigenvalue weighted by molar-refractivity contribution is -0.150. The van der Waals surface area contributed by atoms with E-state index in [1.54, 1.807) is 11.8 Å². The normalized spacial score (nSPS) is 25.4. The Kier molecular flexibility index (Phi) is 8.62. The van der Waals surface area contributed by atoms with Gasteiger partial charge in [-0.05, 0) is 37.0 Å². The predicted octanol–water partition coefficient (Wildman–Crippen LogP) is -0.372. The summed E-state index contributed by atoms with van der Waals surface area (Å²) in [6, 6.07) is -1.38. The zero-order valence-electron chi connectivity index (χ0n) is 24.7. The molecular weight excluding hydrogens is 660 g/mol. The molecular formula is C27H28N8O10S2. The molecule has 1 aromatic heterocycles. The number of hydrogen-bond acceptors (Lipinski definition) is 15. The number of oxime groups is 1. The molecule has 5 aliphatic heterocycles. The lowest BCUT2D eigenvalue weighted by Gasteiger charge is -2.49. The number of esters is 1. The van der Waals surface area contributed by atoms with Gasteiger partial charge in [0.25, 0.3) is 11.8 Å². The van der Waals surface area contributed by atoms with Crippen LogP contribution in [0.3, 0.4) is 0 Å². The number of aliphatic carboxylic acids is 1. The van der Waals surface area contributed by atoms with Gasteiger partial charge >= 0.3 is 18.0 Å². The Morgan fingerprint density at radius 3 is 2.70 bits per heavy atom. The minimum atomic E-state index is -1.37. The molecule has 5 aliphatic rings. The highest BCUT2D eigenvalue weighted by molar-refractivity contribution is 8.00. The maximum atomic E-state index is 13.4. The van der Waals surface area contributed by atoms with E-state index in [2.05, 4.69) is 19.8 Å². The molecule has 0 bridgehead atoms. The number of amides is 4. The standard InChI is InChI=1S/C27H28N8O10S2/c1-11-6-16(36)45-15(11)9-44-27(42)33-4-3-14(8-33)34-5-2-12(22(34)38)7-13-10-46-24-18(23(39)35(24)19(13)25(40)41)29-21(37)17(31-43)20-30-26(28)47-32-20/h7,14,18,24,43H,2-6,8-10H2,1H3,(H,29,37)(H,40,41)(H2,28,30,32)/b12-7+,31-17+/t14-,18-,24-/m1/s1. The van der Waals surface area contributed by atoms with Gasteiger partial charge in [-0.15, -0.1) is 11.8 Å². The fourth-order valence-corrected chi connectivity index (χ4v) is 7.66. The topological polar surface area (TPSA) is 247 Å². The second-order valence-electron chi connectivity index (χ2n) is 11.2. The SMILES string of the molecule is CC1=C(COC(=O)N2CC[C@@H](N3CC/C(=C\C4=C(C(=O)O)N5C(=O)[C@@H](NC(=O)/C(=N/O)c6nsc(N)n6)[C@H]5SC4)C3=O)C2)OC(=O)C1. The molecule has 3 fully saturated rings. The number of allylic oxidation sites excluding steroid dienone is 1. The van der Waals surface area contributed by atoms with Gasteiger partial charge in [0, 0.05) is 42.5 Å². The lowest BCUT2D eigenvalue weighted by Crippen LogP contribution is -2.71. The molecule has 0 aromatic carbocycles. The van der Waals surface area contributed by atoms with E-state index in [9.17, 15) is 39.1 Å². The quantitative estimate of drug-likeness (QED) is 0.0680. The van der Waals surface area contributed by atoms with Crippen LogP contribution in [0.2, 0.25) is 0 Å². The number of likely N-dealkylation sites (tertiary alicyclic amines) is 2. The van der Waals surface area contributed by atoms with Gasteiger partial charge < -0.3 is 40.6 Å². The van der Waals surface area contributed by atoms with Crippen LogP contribution in [0.15, 0.2) is 39.4 Å². The highest BCUT2D eigenvalue weighted by Crippen LogP contribution is 2.41. The van der Waals surface area contributed by atoms with Crippen molar-refractivity contribution in [3.8, 4) is 0 Å². The summed E-state index contributed by atoms with van der Waals surface area (Å²) < 4.78 is 14.2. The predicted molar refractivity (Wildman–Crippen MR) is 161 cm³/mol. The Bertz CT molecular complexity index is 1720. The average Bonchev–Trinajstić information content (AvgIpc) is 3.83. The van der Waals surface area contributed by atoms with Gasteiger partial charge in [-0.25, -0.2) is 9.59 Å². The van der Waals surface area contributed by atoms with Crippen molar-refractivity contribution in [1.29, 1.82) is 0 Å². The van der Waals surface area contributed by atoms with Crippen LogP contribution in [0.1, 0.15) is 32.0 Å². The Hall–Kier alpha value is -4.98. The number of aromatic nitrogens is 2. The van der Waals surface area contributed by atoms with Crippen molar-refractivity contribution in [2.24, 2.45) is 5.16 Å². The molecule has 3 saturated heterocycles. The molecule has 20 heteroatoms. The number of thioether (sulfide) groups is 1. The number of fused-ring (bicyclic) bond motifs is 1. The fourth-order valence-electron chi connectivity index (χ4n) is 5.92. The Balaban J connectivity index is 1.09. The number of nitrogens with two attached hydrogens (primary N) is 1. The zero-order chi connectivity index (χ0) is 33.6. The van der Waals surface area contributed by atoms with Crippen molar-refractivity contribution >= 4 is 69.9 Å². The Labute approximate surface area is 274 Å². The van der Waals surface area contributed by atoms with Crippen LogP contribution < -0.4 is 11.1 Å². The van der Waals surface area contributed by atoms with Crippen molar-refractivity contribution in [2.45, 2.75) is 43.6 Å². The third-order valence-electron chi connectivity index (χ3n) is 8.27. The fraction of sp³-hybridized carbons (Fsp3) is 0.444. The largest absolute Gasteiger partial charge is 0.477 e. The number of rotatable bonds is 8. The monoisotopic (exact) mass is 688 g/mol. The van der Waals surface area contributed by atoms with Crippen LogP contribution in [0.4, 0.5) is 9.93 Å². The molecule has 18 nitrogen and oxygen atoms in total. The van der Waals surface area contributed by atoms with Crippen LogP contribution in [0.5, 0.6) is 0 Å². The van der Waals surface area contributed by atoms with Crippen LogP contribution in [-0.2, 0) is 33.4 Å². The molecule has 0 saturated carbocycles. The number of cyclic esters (lactones) is 1. The number of carbonyl (C=O) groups excluding carboxylic acids is 5. The van der Waals surface area contributed by atoms with Gasteiger partial charge in [0.15, 0.2) is 11.7 Å². The van der Waals surface area contributed by atoms with Gasteiger partial charge in [-0.2, -0.15) is 9.36 Å². The molecule has 5 N–H and O–H groups in total. The number of nitrogens with zero attached hydrogens (tertiary/aromatic N) is 6. The summed E-state index contributed by atoms with van der Waals surface area (Å²) in [6.07, 6.45) is 1.95. The van der Waals surface area contributed by atoms with Gasteiger partial charge in [0.05, 0.1) is 12.5 Å². The summed E-state index contributed by atoms with van der Waals surface area (Å²) in [5.74, 6) is -3.46. The van der Waals surface area contributed by atoms with Crippen LogP contribution in [0, 0.1) is 0 Å². The number of β-lactam (4-membered cyclic amide) rings is 1. The molecule has 248 valence electrons. The molecule has 6 rings (SSSR count). The van der Waals surface area contributed by atoms with Crippen molar-refractivity contribution in [1.82, 2.24) is 29.4 Å².